The van der Waals surface area contributed by atoms with Crippen LogP contribution in [0, 0.1) is 27.7 Å². The molecule has 1 aromatic carbocycles. The second kappa shape index (κ2) is 8.95. The molecule has 0 unspecified atom stereocenters. The molecule has 1 aromatic heterocycles. The summed E-state index contributed by atoms with van der Waals surface area (Å²) in [5.41, 5.74) is 6.79. The Hall–Kier alpha value is -2.07. The molecular weight excluding hydrogens is 348 g/mol. The third-order valence-corrected chi connectivity index (χ3v) is 5.47. The molecule has 28 heavy (non-hydrogen) atoms. The largest absolute Gasteiger partial charge is 0.438 e. The van der Waals surface area contributed by atoms with Crippen LogP contribution in [-0.2, 0) is 11.3 Å². The number of aromatic nitrogens is 1. The third-order valence-electron chi connectivity index (χ3n) is 5.47. The average molecular weight is 383 g/mol. The van der Waals surface area contributed by atoms with Gasteiger partial charge in [-0.25, -0.2) is 4.98 Å². The van der Waals surface area contributed by atoms with Crippen molar-refractivity contribution < 1.29 is 9.47 Å². The van der Waals surface area contributed by atoms with Crippen molar-refractivity contribution in [3.05, 3.63) is 46.1 Å². The van der Waals surface area contributed by atoms with Crippen molar-refractivity contribution in [2.24, 2.45) is 0 Å². The molecule has 4 heteroatoms. The van der Waals surface area contributed by atoms with Crippen molar-refractivity contribution in [1.29, 1.82) is 0 Å². The summed E-state index contributed by atoms with van der Waals surface area (Å²) in [6, 6.07) is 7.00. The Bertz CT molecular complexity index is 803. The molecule has 0 saturated heterocycles. The van der Waals surface area contributed by atoms with Gasteiger partial charge in [0.1, 0.15) is 12.5 Å². The van der Waals surface area contributed by atoms with Gasteiger partial charge in [-0.1, -0.05) is 44.4 Å². The van der Waals surface area contributed by atoms with E-state index in [0.29, 0.717) is 25.3 Å². The molecule has 0 aliphatic carbocycles. The van der Waals surface area contributed by atoms with Crippen LogP contribution in [0.5, 0.6) is 11.6 Å². The Balaban J connectivity index is 2.02. The summed E-state index contributed by atoms with van der Waals surface area (Å²) in [7, 11) is 0. The normalized spacial score (nSPS) is 13.8. The van der Waals surface area contributed by atoms with Crippen LogP contribution in [0.25, 0.3) is 0 Å². The zero-order valence-electron chi connectivity index (χ0n) is 18.3. The quantitative estimate of drug-likeness (QED) is 0.557. The number of hydrogen-bond acceptors (Lipinski definition) is 4. The molecule has 0 bridgehead atoms. The highest BCUT2D eigenvalue weighted by atomic mass is 16.5. The van der Waals surface area contributed by atoms with E-state index in [9.17, 15) is 0 Å². The number of rotatable bonds is 7. The van der Waals surface area contributed by atoms with Gasteiger partial charge in [-0.15, -0.1) is 0 Å². The highest BCUT2D eigenvalue weighted by Crippen LogP contribution is 2.38. The molecule has 0 radical (unpaired) electrons. The van der Waals surface area contributed by atoms with Crippen molar-refractivity contribution >= 4 is 5.69 Å². The van der Waals surface area contributed by atoms with Crippen LogP contribution in [0.2, 0.25) is 0 Å². The predicted molar refractivity (Wildman–Crippen MR) is 115 cm³/mol. The number of aryl methyl sites for hydroxylation is 4. The summed E-state index contributed by atoms with van der Waals surface area (Å²) in [6.07, 6.45) is 4.69. The number of hydrogen-bond donors (Lipinski definition) is 0. The smallest absolute Gasteiger partial charge is 0.227 e. The zero-order valence-corrected chi connectivity index (χ0v) is 18.3. The second-order valence-electron chi connectivity index (χ2n) is 8.07. The standard InChI is InChI=1S/C24H34N2O2/c1-7-9-20(10-8-2)26-15-27-14-21-22(26)13-19(6)25-24(21)28-23-17(4)11-16(3)12-18(23)5/h11-13,20H,7-10,14-15H2,1-6H3. The highest BCUT2D eigenvalue weighted by Gasteiger charge is 2.28. The number of anilines is 1. The summed E-state index contributed by atoms with van der Waals surface area (Å²) in [4.78, 5) is 7.16. The van der Waals surface area contributed by atoms with Crippen LogP contribution in [0.1, 0.15) is 67.5 Å². The van der Waals surface area contributed by atoms with Crippen LogP contribution in [0.3, 0.4) is 0 Å². The van der Waals surface area contributed by atoms with Crippen LogP contribution in [0.15, 0.2) is 18.2 Å². The van der Waals surface area contributed by atoms with Crippen LogP contribution < -0.4 is 9.64 Å². The first-order valence-electron chi connectivity index (χ1n) is 10.5. The first kappa shape index (κ1) is 20.7. The van der Waals surface area contributed by atoms with E-state index in [1.165, 1.54) is 36.9 Å². The van der Waals surface area contributed by atoms with Crippen LogP contribution >= 0.6 is 0 Å². The van der Waals surface area contributed by atoms with Crippen LogP contribution in [-0.4, -0.2) is 17.8 Å². The first-order valence-corrected chi connectivity index (χ1v) is 10.5. The van der Waals surface area contributed by atoms with Gasteiger partial charge in [-0.05, 0) is 57.7 Å². The van der Waals surface area contributed by atoms with Crippen molar-refractivity contribution in [3.63, 3.8) is 0 Å². The Morgan fingerprint density at radius 2 is 1.68 bits per heavy atom. The zero-order chi connectivity index (χ0) is 20.3. The molecule has 4 nitrogen and oxygen atoms in total. The van der Waals surface area contributed by atoms with E-state index in [2.05, 4.69) is 57.7 Å². The van der Waals surface area contributed by atoms with Gasteiger partial charge >= 0.3 is 0 Å². The number of nitrogens with zero attached hydrogens (tertiary/aromatic N) is 2. The molecule has 0 amide bonds. The lowest BCUT2D eigenvalue weighted by Gasteiger charge is -2.38. The lowest BCUT2D eigenvalue weighted by Crippen LogP contribution is -2.40. The van der Waals surface area contributed by atoms with Gasteiger partial charge in [0.15, 0.2) is 0 Å². The molecule has 0 N–H and O–H groups in total. The molecule has 152 valence electrons. The number of pyridine rings is 1. The van der Waals surface area contributed by atoms with E-state index < -0.39 is 0 Å². The number of ether oxygens (including phenoxy) is 2. The summed E-state index contributed by atoms with van der Waals surface area (Å²) >= 11 is 0. The maximum atomic E-state index is 6.40. The van der Waals surface area contributed by atoms with Gasteiger partial charge in [0, 0.05) is 11.7 Å². The van der Waals surface area contributed by atoms with Gasteiger partial charge in [0.05, 0.1) is 17.9 Å². The first-order chi connectivity index (χ1) is 13.4. The Morgan fingerprint density at radius 1 is 1.04 bits per heavy atom. The Kier molecular flexibility index (Phi) is 6.61. The highest BCUT2D eigenvalue weighted by molar-refractivity contribution is 5.60. The fourth-order valence-corrected chi connectivity index (χ4v) is 4.30. The van der Waals surface area contributed by atoms with Crippen molar-refractivity contribution in [2.45, 2.75) is 79.9 Å². The fraction of sp³-hybridized carbons (Fsp3) is 0.542. The van der Waals surface area contributed by atoms with E-state index in [1.54, 1.807) is 0 Å². The van der Waals surface area contributed by atoms with Crippen molar-refractivity contribution in [1.82, 2.24) is 4.98 Å². The molecular formula is C24H34N2O2. The van der Waals surface area contributed by atoms with Gasteiger partial charge in [-0.2, -0.15) is 0 Å². The van der Waals surface area contributed by atoms with E-state index in [-0.39, 0.29) is 0 Å². The molecule has 3 rings (SSSR count). The number of fused-ring (bicyclic) bond motifs is 1. The minimum Gasteiger partial charge on any atom is -0.438 e. The van der Waals surface area contributed by atoms with E-state index in [1.807, 2.05) is 6.92 Å². The van der Waals surface area contributed by atoms with E-state index in [0.717, 1.165) is 28.1 Å². The minimum absolute atomic E-state index is 0.492. The second-order valence-corrected chi connectivity index (χ2v) is 8.07. The summed E-state index contributed by atoms with van der Waals surface area (Å²) in [6.45, 7) is 14.0. The molecule has 0 fully saturated rings. The fourth-order valence-electron chi connectivity index (χ4n) is 4.30. The predicted octanol–water partition coefficient (Wildman–Crippen LogP) is 6.37. The lowest BCUT2D eigenvalue weighted by molar-refractivity contribution is 0.0998. The SMILES string of the molecule is CCCC(CCC)N1COCc2c1cc(C)nc2Oc1c(C)cc(C)cc1C. The van der Waals surface area contributed by atoms with E-state index >= 15 is 0 Å². The summed E-state index contributed by atoms with van der Waals surface area (Å²) < 4.78 is 12.4. The minimum atomic E-state index is 0.492. The molecule has 2 heterocycles. The van der Waals surface area contributed by atoms with Gasteiger partial charge < -0.3 is 14.4 Å². The average Bonchev–Trinajstić information content (AvgIpc) is 2.64. The monoisotopic (exact) mass is 382 g/mol. The van der Waals surface area contributed by atoms with Crippen molar-refractivity contribution in [2.75, 3.05) is 11.6 Å². The number of benzene rings is 1. The van der Waals surface area contributed by atoms with Gasteiger partial charge in [0.25, 0.3) is 0 Å². The lowest BCUT2D eigenvalue weighted by atomic mass is 10.0. The topological polar surface area (TPSA) is 34.6 Å². The molecule has 0 atom stereocenters. The maximum Gasteiger partial charge on any atom is 0.227 e. The third kappa shape index (κ3) is 4.33. The van der Waals surface area contributed by atoms with Gasteiger partial charge in [0.2, 0.25) is 5.88 Å². The van der Waals surface area contributed by atoms with Crippen molar-refractivity contribution in [3.8, 4) is 11.6 Å². The van der Waals surface area contributed by atoms with Crippen LogP contribution in [0.4, 0.5) is 5.69 Å². The maximum absolute atomic E-state index is 6.40. The molecule has 2 aromatic rings. The van der Waals surface area contributed by atoms with Gasteiger partial charge in [-0.3, -0.25) is 0 Å². The molecule has 0 spiro atoms. The summed E-state index contributed by atoms with van der Waals surface area (Å²) in [5.74, 6) is 1.59. The summed E-state index contributed by atoms with van der Waals surface area (Å²) in [5, 5.41) is 0. The molecule has 0 saturated carbocycles. The molecule has 1 aliphatic heterocycles. The Labute approximate surface area is 169 Å². The van der Waals surface area contributed by atoms with E-state index in [4.69, 9.17) is 14.5 Å². The molecule has 1 aliphatic rings. The Morgan fingerprint density at radius 3 is 2.29 bits per heavy atom.